The Morgan fingerprint density at radius 2 is 1.88 bits per heavy atom. The molecular formula is C35H36F2N7O7S+. The maximum Gasteiger partial charge on any atom is 0.418 e. The molecule has 0 aliphatic rings. The average Bonchev–Trinajstić information content (AvgIpc) is 3.82. The van der Waals surface area contributed by atoms with Crippen LogP contribution in [-0.2, 0) is 33.0 Å². The van der Waals surface area contributed by atoms with Gasteiger partial charge >= 0.3 is 18.0 Å². The van der Waals surface area contributed by atoms with Crippen molar-refractivity contribution in [3.05, 3.63) is 112 Å². The molecule has 52 heavy (non-hydrogen) atoms. The first-order valence-electron chi connectivity index (χ1n) is 15.9. The van der Waals surface area contributed by atoms with E-state index in [1.165, 1.54) is 63.5 Å². The van der Waals surface area contributed by atoms with Crippen LogP contribution in [0, 0.1) is 11.6 Å². The number of esters is 1. The number of rotatable bonds is 14. The molecule has 0 spiro atoms. The van der Waals surface area contributed by atoms with Gasteiger partial charge in [-0.3, -0.25) is 9.69 Å². The summed E-state index contributed by atoms with van der Waals surface area (Å²) < 4.78 is 43.5. The first-order valence-corrected chi connectivity index (χ1v) is 16.8. The molecule has 0 radical (unpaired) electrons. The number of amides is 1. The highest BCUT2D eigenvalue weighted by molar-refractivity contribution is 7.10. The highest BCUT2D eigenvalue weighted by atomic mass is 32.1. The van der Waals surface area contributed by atoms with E-state index >= 15 is 4.39 Å². The number of anilines is 1. The van der Waals surface area contributed by atoms with Gasteiger partial charge in [-0.2, -0.15) is 4.57 Å². The SMILES string of the molecule is CNCC(=O)OCc1cccnc1N(C)C(=O)OC(C)[n+]1cnn(C[C@](O)(c2cc(F)ccc2F)[C@@H](C)c2nc(-c3ccc(C(=O)O)cc3)cs2)c1. The summed E-state index contributed by atoms with van der Waals surface area (Å²) in [6.45, 7) is 2.76. The van der Waals surface area contributed by atoms with Gasteiger partial charge in [-0.05, 0) is 43.4 Å². The van der Waals surface area contributed by atoms with Gasteiger partial charge in [0.15, 0.2) is 0 Å². The second-order valence-corrected chi connectivity index (χ2v) is 12.7. The molecule has 272 valence electrons. The lowest BCUT2D eigenvalue weighted by Gasteiger charge is -2.32. The molecule has 2 aromatic carbocycles. The number of carbonyl (C=O) groups excluding carboxylic acids is 2. The number of carboxylic acids is 1. The van der Waals surface area contributed by atoms with Gasteiger partial charge in [0.2, 0.25) is 12.6 Å². The minimum atomic E-state index is -2.08. The van der Waals surface area contributed by atoms with Crippen LogP contribution in [0.3, 0.4) is 0 Å². The molecule has 0 fully saturated rings. The molecule has 5 aromatic rings. The Morgan fingerprint density at radius 1 is 1.13 bits per heavy atom. The number of carbonyl (C=O) groups is 3. The van der Waals surface area contributed by atoms with Gasteiger partial charge in [0.1, 0.15) is 36.2 Å². The monoisotopic (exact) mass is 736 g/mol. The molecule has 0 saturated carbocycles. The number of aromatic carboxylic acids is 1. The third-order valence-electron chi connectivity index (χ3n) is 8.29. The number of halogens is 2. The van der Waals surface area contributed by atoms with Gasteiger partial charge in [-0.1, -0.05) is 25.1 Å². The summed E-state index contributed by atoms with van der Waals surface area (Å²) in [5, 5.41) is 30.6. The van der Waals surface area contributed by atoms with Gasteiger partial charge in [0.05, 0.1) is 22.8 Å². The first kappa shape index (κ1) is 37.6. The Kier molecular flexibility index (Phi) is 11.7. The second kappa shape index (κ2) is 16.1. The highest BCUT2D eigenvalue weighted by Crippen LogP contribution is 2.41. The molecule has 3 heterocycles. The van der Waals surface area contributed by atoms with E-state index in [-0.39, 0.29) is 36.6 Å². The first-order chi connectivity index (χ1) is 24.8. The summed E-state index contributed by atoms with van der Waals surface area (Å²) in [6, 6.07) is 12.2. The van der Waals surface area contributed by atoms with Gasteiger partial charge in [0, 0.05) is 53.3 Å². The predicted molar refractivity (Wildman–Crippen MR) is 183 cm³/mol. The van der Waals surface area contributed by atoms with E-state index < -0.39 is 47.4 Å². The molecule has 17 heteroatoms. The highest BCUT2D eigenvalue weighted by Gasteiger charge is 2.43. The number of likely N-dealkylation sites (N-methyl/N-ethyl adjacent to an activating group) is 1. The third-order valence-corrected chi connectivity index (χ3v) is 9.32. The summed E-state index contributed by atoms with van der Waals surface area (Å²) in [7, 11) is 3.07. The van der Waals surface area contributed by atoms with Crippen molar-refractivity contribution in [2.45, 2.75) is 44.7 Å². The van der Waals surface area contributed by atoms with Gasteiger partial charge in [0.25, 0.3) is 6.33 Å². The normalized spacial score (nSPS) is 13.5. The molecule has 1 unspecified atom stereocenters. The van der Waals surface area contributed by atoms with Crippen LogP contribution < -0.4 is 14.8 Å². The lowest BCUT2D eigenvalue weighted by Crippen LogP contribution is -2.42. The summed E-state index contributed by atoms with van der Waals surface area (Å²) in [6.07, 6.45) is 2.57. The van der Waals surface area contributed by atoms with Crippen molar-refractivity contribution in [2.24, 2.45) is 0 Å². The number of nitrogens with one attached hydrogen (secondary N) is 1. The zero-order chi connectivity index (χ0) is 37.6. The zero-order valence-electron chi connectivity index (χ0n) is 28.6. The van der Waals surface area contributed by atoms with E-state index in [2.05, 4.69) is 20.4 Å². The zero-order valence-corrected chi connectivity index (χ0v) is 29.4. The number of carboxylic acid groups (broad SMARTS) is 1. The van der Waals surface area contributed by atoms with Crippen molar-refractivity contribution in [2.75, 3.05) is 25.5 Å². The number of benzene rings is 2. The Bertz CT molecular complexity index is 2060. The van der Waals surface area contributed by atoms with Gasteiger partial charge in [-0.25, -0.2) is 28.3 Å². The molecule has 3 aromatic heterocycles. The number of hydrogen-bond acceptors (Lipinski definition) is 11. The smallest absolute Gasteiger partial charge is 0.418 e. The molecule has 0 saturated heterocycles. The summed E-state index contributed by atoms with van der Waals surface area (Å²) in [5.41, 5.74) is -0.663. The van der Waals surface area contributed by atoms with Crippen LogP contribution in [0.2, 0.25) is 0 Å². The standard InChI is InChI=1S/C35H35F2N7O7S/c1-21(32-41-29(17-52-32)23-7-9-24(10-8-23)33(46)47)35(49,27-14-26(36)11-12-28(27)37)18-44-20-43(19-40-44)22(2)51-34(48)42(4)31-25(6-5-13-39-31)16-50-30(45)15-38-3/h5-14,17,19-22,38,49H,15-16,18H2,1-4H3/p+1/t21-,22?,35+/m0/s1. The van der Waals surface area contributed by atoms with Crippen molar-refractivity contribution in [3.63, 3.8) is 0 Å². The van der Waals surface area contributed by atoms with E-state index in [4.69, 9.17) is 9.47 Å². The maximum atomic E-state index is 15.3. The Morgan fingerprint density at radius 3 is 2.60 bits per heavy atom. The summed E-state index contributed by atoms with van der Waals surface area (Å²) >= 11 is 1.20. The minimum absolute atomic E-state index is 0.0156. The molecular weight excluding hydrogens is 700 g/mol. The lowest BCUT2D eigenvalue weighted by molar-refractivity contribution is -0.753. The maximum absolute atomic E-state index is 15.3. The number of thiazole rings is 1. The van der Waals surface area contributed by atoms with Crippen molar-refractivity contribution < 1.29 is 47.4 Å². The molecule has 3 N–H and O–H groups in total. The molecule has 1 amide bonds. The number of aromatic nitrogens is 5. The quantitative estimate of drug-likeness (QED) is 0.109. The van der Waals surface area contributed by atoms with Crippen LogP contribution in [0.5, 0.6) is 0 Å². The fourth-order valence-electron chi connectivity index (χ4n) is 5.32. The topological polar surface area (TPSA) is 173 Å². The van der Waals surface area contributed by atoms with Crippen LogP contribution in [0.1, 0.15) is 52.5 Å². The molecule has 5 rings (SSSR count). The number of ether oxygens (including phenoxy) is 2. The second-order valence-electron chi connectivity index (χ2n) is 11.8. The molecule has 0 aliphatic heterocycles. The van der Waals surface area contributed by atoms with E-state index in [1.807, 2.05) is 0 Å². The van der Waals surface area contributed by atoms with Gasteiger partial charge < -0.3 is 25.0 Å². The number of nitrogens with zero attached hydrogens (tertiary/aromatic N) is 6. The van der Waals surface area contributed by atoms with E-state index in [0.29, 0.717) is 21.8 Å². The minimum Gasteiger partial charge on any atom is -0.478 e. The summed E-state index contributed by atoms with van der Waals surface area (Å²) in [4.78, 5) is 46.3. The van der Waals surface area contributed by atoms with Crippen LogP contribution in [-0.4, -0.2) is 68.6 Å². The lowest BCUT2D eigenvalue weighted by atomic mass is 9.82. The van der Waals surface area contributed by atoms with E-state index in [9.17, 15) is 29.0 Å². The molecule has 3 atom stereocenters. The van der Waals surface area contributed by atoms with E-state index in [1.54, 1.807) is 50.5 Å². The fourth-order valence-corrected chi connectivity index (χ4v) is 6.29. The number of hydrogen-bond donors (Lipinski definition) is 3. The van der Waals surface area contributed by atoms with Crippen LogP contribution >= 0.6 is 11.3 Å². The third kappa shape index (κ3) is 8.44. The Labute approximate surface area is 300 Å². The van der Waals surface area contributed by atoms with Crippen molar-refractivity contribution in [1.29, 1.82) is 0 Å². The largest absolute Gasteiger partial charge is 0.478 e. The molecule has 14 nitrogen and oxygen atoms in total. The van der Waals surface area contributed by atoms with Crippen molar-refractivity contribution in [1.82, 2.24) is 25.1 Å². The fraction of sp³-hybridized carbons (Fsp3) is 0.286. The molecule has 0 aliphatic carbocycles. The van der Waals surface area contributed by atoms with Gasteiger partial charge in [-0.15, -0.1) is 16.0 Å². The summed E-state index contributed by atoms with van der Waals surface area (Å²) in [5.74, 6) is -3.82. The Balaban J connectivity index is 1.35. The van der Waals surface area contributed by atoms with Crippen LogP contribution in [0.15, 0.2) is 78.8 Å². The van der Waals surface area contributed by atoms with E-state index in [0.717, 1.165) is 18.2 Å². The molecule has 0 bridgehead atoms. The van der Waals surface area contributed by atoms with Crippen molar-refractivity contribution in [3.8, 4) is 11.3 Å². The average molecular weight is 737 g/mol. The number of pyridine rings is 1. The Hall–Kier alpha value is -5.65. The van der Waals surface area contributed by atoms with Crippen LogP contribution in [0.4, 0.5) is 19.4 Å². The number of aliphatic hydroxyl groups is 1. The van der Waals surface area contributed by atoms with Crippen molar-refractivity contribution >= 4 is 35.2 Å². The predicted octanol–water partition coefficient (Wildman–Crippen LogP) is 4.41. The van der Waals surface area contributed by atoms with Crippen LogP contribution in [0.25, 0.3) is 11.3 Å².